The molecule has 0 fully saturated rings. The van der Waals surface area contributed by atoms with Crippen LogP contribution >= 0.6 is 0 Å². The average molecular weight is 338 g/mol. The van der Waals surface area contributed by atoms with E-state index in [0.717, 1.165) is 29.5 Å². The summed E-state index contributed by atoms with van der Waals surface area (Å²) in [5, 5.41) is 0. The Morgan fingerprint density at radius 1 is 1.12 bits per heavy atom. The summed E-state index contributed by atoms with van der Waals surface area (Å²) in [7, 11) is 0. The Morgan fingerprint density at radius 3 is 2.42 bits per heavy atom. The van der Waals surface area contributed by atoms with Crippen LogP contribution in [0.15, 0.2) is 101 Å². The van der Waals surface area contributed by atoms with Crippen molar-refractivity contribution in [3.8, 4) is 0 Å². The molecular formula is C23H29S+. The molecule has 1 aromatic carbocycles. The van der Waals surface area contributed by atoms with E-state index in [9.17, 15) is 0 Å². The number of allylic oxidation sites excluding steroid dienone is 8. The average Bonchev–Trinajstić information content (AvgIpc) is 2.62. The Hall–Kier alpha value is -1.99. The second-order valence-corrected chi connectivity index (χ2v) is 6.84. The molecule has 0 amide bonds. The normalized spacial score (nSPS) is 13.4. The smallest absolute Gasteiger partial charge is 0.0941 e. The van der Waals surface area contributed by atoms with Gasteiger partial charge in [0.2, 0.25) is 0 Å². The standard InChI is InChI=1S/C23H28S/c1-6-9-15-22(18-21-13-11-10-12-14-21)23(8-3)24-20(5)17-16-19(4)7-2/h7-17H,3,5-6,18H2,1-2,4H3/p+1/b15-9-,17-16-,19-7-,23-22-. The van der Waals surface area contributed by atoms with Crippen molar-refractivity contribution in [1.29, 1.82) is 0 Å². The van der Waals surface area contributed by atoms with E-state index in [1.165, 1.54) is 21.6 Å². The van der Waals surface area contributed by atoms with Gasteiger partial charge in [0.15, 0.2) is 9.81 Å². The molecule has 0 bridgehead atoms. The zero-order valence-electron chi connectivity index (χ0n) is 15.1. The van der Waals surface area contributed by atoms with Gasteiger partial charge in [0.1, 0.15) is 0 Å². The first-order valence-corrected chi connectivity index (χ1v) is 9.27. The molecule has 0 radical (unpaired) electrons. The second-order valence-electron chi connectivity index (χ2n) is 5.56. The van der Waals surface area contributed by atoms with Gasteiger partial charge in [0.05, 0.1) is 0 Å². The number of thiol groups is 1. The van der Waals surface area contributed by atoms with Crippen LogP contribution in [0.25, 0.3) is 0 Å². The quantitative estimate of drug-likeness (QED) is 0.274. The maximum absolute atomic E-state index is 4.19. The number of hydrogen-bond donors (Lipinski definition) is 0. The summed E-state index contributed by atoms with van der Waals surface area (Å²) in [6.07, 6.45) is 14.6. The van der Waals surface area contributed by atoms with Gasteiger partial charge in [-0.05, 0) is 44.6 Å². The zero-order chi connectivity index (χ0) is 17.8. The molecule has 0 unspecified atom stereocenters. The lowest BCUT2D eigenvalue weighted by atomic mass is 10.0. The Kier molecular flexibility index (Phi) is 9.64. The van der Waals surface area contributed by atoms with E-state index in [4.69, 9.17) is 0 Å². The summed E-state index contributed by atoms with van der Waals surface area (Å²) >= 11 is 1.11. The Labute approximate surface area is 152 Å². The van der Waals surface area contributed by atoms with Crippen LogP contribution in [0.5, 0.6) is 0 Å². The van der Waals surface area contributed by atoms with Crippen LogP contribution in [-0.4, -0.2) is 0 Å². The molecule has 0 aliphatic heterocycles. The molecule has 0 N–H and O–H groups in total. The highest BCUT2D eigenvalue weighted by Gasteiger charge is 2.12. The lowest BCUT2D eigenvalue weighted by molar-refractivity contribution is 1.16. The van der Waals surface area contributed by atoms with Crippen LogP contribution in [0, 0.1) is 0 Å². The minimum atomic E-state index is 0.913. The molecular weight excluding hydrogens is 308 g/mol. The molecule has 0 heterocycles. The van der Waals surface area contributed by atoms with Crippen LogP contribution in [0.1, 0.15) is 32.8 Å². The van der Waals surface area contributed by atoms with E-state index in [0.29, 0.717) is 0 Å². The first kappa shape index (κ1) is 20.1. The molecule has 0 saturated carbocycles. The Bertz CT molecular complexity index is 655. The van der Waals surface area contributed by atoms with Gasteiger partial charge in [-0.3, -0.25) is 0 Å². The molecule has 0 saturated heterocycles. The highest BCUT2D eigenvalue weighted by molar-refractivity contribution is 7.87. The van der Waals surface area contributed by atoms with E-state index in [-0.39, 0.29) is 0 Å². The van der Waals surface area contributed by atoms with Crippen molar-refractivity contribution in [1.82, 2.24) is 0 Å². The summed E-state index contributed by atoms with van der Waals surface area (Å²) in [5.41, 5.74) is 3.86. The van der Waals surface area contributed by atoms with Crippen molar-refractivity contribution in [3.63, 3.8) is 0 Å². The predicted octanol–water partition coefficient (Wildman–Crippen LogP) is 6.49. The highest BCUT2D eigenvalue weighted by Crippen LogP contribution is 2.19. The van der Waals surface area contributed by atoms with Crippen molar-refractivity contribution >= 4 is 11.8 Å². The van der Waals surface area contributed by atoms with Crippen LogP contribution < -0.4 is 0 Å². The largest absolute Gasteiger partial charge is 0.161 e. The van der Waals surface area contributed by atoms with E-state index in [1.54, 1.807) is 0 Å². The first-order chi connectivity index (χ1) is 11.6. The van der Waals surface area contributed by atoms with Crippen LogP contribution in [0.3, 0.4) is 0 Å². The monoisotopic (exact) mass is 337 g/mol. The molecule has 1 heteroatoms. The highest BCUT2D eigenvalue weighted by atomic mass is 32.2. The SMILES string of the molecule is C=C/C([SH+]C(=C)/C=C\C(C)=C/C)=C(\C=C/CC)Cc1ccccc1. The first-order valence-electron chi connectivity index (χ1n) is 8.38. The fourth-order valence-corrected chi connectivity index (χ4v) is 2.92. The van der Waals surface area contributed by atoms with Gasteiger partial charge in [-0.2, -0.15) is 0 Å². The fourth-order valence-electron chi connectivity index (χ4n) is 2.08. The number of hydrogen-bond acceptors (Lipinski definition) is 0. The van der Waals surface area contributed by atoms with Gasteiger partial charge in [0, 0.05) is 23.8 Å². The third-order valence-corrected chi connectivity index (χ3v) is 4.72. The van der Waals surface area contributed by atoms with Gasteiger partial charge < -0.3 is 0 Å². The Morgan fingerprint density at radius 2 is 1.83 bits per heavy atom. The molecule has 0 atom stereocenters. The van der Waals surface area contributed by atoms with Crippen molar-refractivity contribution in [2.24, 2.45) is 0 Å². The lowest BCUT2D eigenvalue weighted by Crippen LogP contribution is -1.96. The summed E-state index contributed by atoms with van der Waals surface area (Å²) < 4.78 is 0. The summed E-state index contributed by atoms with van der Waals surface area (Å²) in [6, 6.07) is 10.6. The van der Waals surface area contributed by atoms with Gasteiger partial charge >= 0.3 is 0 Å². The van der Waals surface area contributed by atoms with Crippen LogP contribution in [-0.2, 0) is 18.2 Å². The van der Waals surface area contributed by atoms with Gasteiger partial charge in [-0.1, -0.05) is 73.7 Å². The molecule has 0 aliphatic carbocycles. The minimum Gasteiger partial charge on any atom is -0.0941 e. The predicted molar refractivity (Wildman–Crippen MR) is 113 cm³/mol. The van der Waals surface area contributed by atoms with E-state index in [1.807, 2.05) is 13.0 Å². The van der Waals surface area contributed by atoms with E-state index in [2.05, 4.69) is 87.7 Å². The van der Waals surface area contributed by atoms with E-state index >= 15 is 0 Å². The summed E-state index contributed by atoms with van der Waals surface area (Å²) in [6.45, 7) is 14.5. The molecule has 1 aromatic rings. The number of benzene rings is 1. The molecule has 0 aliphatic rings. The van der Waals surface area contributed by atoms with Crippen molar-refractivity contribution in [2.75, 3.05) is 0 Å². The zero-order valence-corrected chi connectivity index (χ0v) is 16.0. The molecule has 0 spiro atoms. The molecule has 0 aromatic heterocycles. The van der Waals surface area contributed by atoms with Gasteiger partial charge in [-0.15, -0.1) is 0 Å². The fraction of sp³-hybridized carbons (Fsp3) is 0.217. The topological polar surface area (TPSA) is 0 Å². The van der Waals surface area contributed by atoms with Crippen molar-refractivity contribution in [2.45, 2.75) is 33.6 Å². The van der Waals surface area contributed by atoms with Crippen molar-refractivity contribution in [3.05, 3.63) is 106 Å². The van der Waals surface area contributed by atoms with Gasteiger partial charge in [-0.25, -0.2) is 0 Å². The molecule has 0 nitrogen and oxygen atoms in total. The van der Waals surface area contributed by atoms with Crippen LogP contribution in [0.4, 0.5) is 0 Å². The minimum absolute atomic E-state index is 0.913. The summed E-state index contributed by atoms with van der Waals surface area (Å²) in [4.78, 5) is 2.29. The van der Waals surface area contributed by atoms with Crippen LogP contribution in [0.2, 0.25) is 0 Å². The van der Waals surface area contributed by atoms with E-state index < -0.39 is 0 Å². The maximum atomic E-state index is 4.19. The van der Waals surface area contributed by atoms with Crippen molar-refractivity contribution < 1.29 is 0 Å². The summed E-state index contributed by atoms with van der Waals surface area (Å²) in [5.74, 6) is 0. The molecule has 1 rings (SSSR count). The maximum Gasteiger partial charge on any atom is 0.161 e. The third kappa shape index (κ3) is 7.52. The Balaban J connectivity index is 3.03. The van der Waals surface area contributed by atoms with Gasteiger partial charge in [0.25, 0.3) is 0 Å². The number of rotatable bonds is 9. The second kappa shape index (κ2) is 11.5. The molecule has 126 valence electrons. The third-order valence-electron chi connectivity index (χ3n) is 3.57. The molecule has 24 heavy (non-hydrogen) atoms. The lowest BCUT2D eigenvalue weighted by Gasteiger charge is -2.05.